The van der Waals surface area contributed by atoms with E-state index in [1.54, 1.807) is 0 Å². The molecule has 0 amide bonds. The van der Waals surface area contributed by atoms with E-state index >= 15 is 0 Å². The Morgan fingerprint density at radius 1 is 1.40 bits per heavy atom. The number of hydrogen-bond acceptors (Lipinski definition) is 2. The van der Waals surface area contributed by atoms with Gasteiger partial charge in [-0.3, -0.25) is 9.98 Å². The van der Waals surface area contributed by atoms with E-state index in [0.717, 1.165) is 6.42 Å². The summed E-state index contributed by atoms with van der Waals surface area (Å²) >= 11 is 0. The van der Waals surface area contributed by atoms with Crippen LogP contribution in [0.1, 0.15) is 19.3 Å². The van der Waals surface area contributed by atoms with Gasteiger partial charge in [0.25, 0.3) is 0 Å². The van der Waals surface area contributed by atoms with E-state index in [1.165, 1.54) is 24.1 Å². The summed E-state index contributed by atoms with van der Waals surface area (Å²) in [4.78, 5) is 8.38. The lowest BCUT2D eigenvalue weighted by Gasteiger charge is -2.14. The molecule has 2 rings (SSSR count). The third kappa shape index (κ3) is 0.897. The Balaban J connectivity index is 2.32. The molecule has 0 bridgehead atoms. The lowest BCUT2D eigenvalue weighted by Crippen LogP contribution is -2.12. The Morgan fingerprint density at radius 3 is 3.30 bits per heavy atom. The van der Waals surface area contributed by atoms with Crippen molar-refractivity contribution in [3.8, 4) is 0 Å². The molecule has 0 fully saturated rings. The molecule has 2 nitrogen and oxygen atoms in total. The molecule has 0 atom stereocenters. The Labute approximate surface area is 60.4 Å². The zero-order chi connectivity index (χ0) is 6.81. The molecular formula is C8H10N2. The van der Waals surface area contributed by atoms with Gasteiger partial charge in [-0.25, -0.2) is 0 Å². The van der Waals surface area contributed by atoms with E-state index in [-0.39, 0.29) is 0 Å². The van der Waals surface area contributed by atoms with Crippen molar-refractivity contribution < 1.29 is 0 Å². The molecule has 0 spiro atoms. The van der Waals surface area contributed by atoms with Crippen molar-refractivity contribution in [2.75, 3.05) is 6.67 Å². The van der Waals surface area contributed by atoms with Gasteiger partial charge in [-0.15, -0.1) is 0 Å². The minimum absolute atomic E-state index is 0.646. The molecule has 0 aromatic heterocycles. The van der Waals surface area contributed by atoms with Crippen LogP contribution >= 0.6 is 0 Å². The van der Waals surface area contributed by atoms with Gasteiger partial charge in [-0.1, -0.05) is 6.08 Å². The maximum atomic E-state index is 4.30. The van der Waals surface area contributed by atoms with Crippen molar-refractivity contribution in [1.29, 1.82) is 0 Å². The van der Waals surface area contributed by atoms with E-state index < -0.39 is 0 Å². The summed E-state index contributed by atoms with van der Waals surface area (Å²) in [5.41, 5.74) is 2.53. The molecule has 1 heterocycles. The molecule has 52 valence electrons. The highest BCUT2D eigenvalue weighted by molar-refractivity contribution is 6.17. The van der Waals surface area contributed by atoms with E-state index in [9.17, 15) is 0 Å². The van der Waals surface area contributed by atoms with Crippen LogP contribution in [0.15, 0.2) is 21.6 Å². The quantitative estimate of drug-likeness (QED) is 0.480. The van der Waals surface area contributed by atoms with E-state index in [1.807, 2.05) is 6.21 Å². The second kappa shape index (κ2) is 2.37. The highest BCUT2D eigenvalue weighted by Gasteiger charge is 2.10. The van der Waals surface area contributed by atoms with Gasteiger partial charge in [0.05, 0.1) is 0 Å². The fourth-order valence-electron chi connectivity index (χ4n) is 1.35. The van der Waals surface area contributed by atoms with Crippen LogP contribution in [0.3, 0.4) is 0 Å². The zero-order valence-electron chi connectivity index (χ0n) is 5.88. The maximum absolute atomic E-state index is 4.30. The summed E-state index contributed by atoms with van der Waals surface area (Å²) in [6, 6.07) is 0. The molecule has 0 unspecified atom stereocenters. The van der Waals surface area contributed by atoms with Gasteiger partial charge >= 0.3 is 0 Å². The Morgan fingerprint density at radius 2 is 2.40 bits per heavy atom. The monoisotopic (exact) mass is 134 g/mol. The molecule has 0 radical (unpaired) electrons. The second-order valence-corrected chi connectivity index (χ2v) is 2.61. The number of nitrogens with zero attached hydrogens (tertiary/aromatic N) is 2. The van der Waals surface area contributed by atoms with Crippen LogP contribution in [0.25, 0.3) is 0 Å². The molecule has 0 aromatic rings. The highest BCUT2D eigenvalue weighted by Crippen LogP contribution is 2.15. The number of aliphatic imine (C=N–C) groups is 2. The van der Waals surface area contributed by atoms with Gasteiger partial charge in [-0.05, 0) is 19.3 Å². The van der Waals surface area contributed by atoms with Gasteiger partial charge in [0.2, 0.25) is 0 Å². The minimum Gasteiger partial charge on any atom is -0.269 e. The molecule has 1 aliphatic heterocycles. The molecular weight excluding hydrogens is 124 g/mol. The number of allylic oxidation sites excluding steroid dienone is 2. The smallest absolute Gasteiger partial charge is 0.129 e. The standard InChI is InChI=1S/C8H10N2/c1-2-4-8-7(3-1)5-9-6-10-8/h3,5H,1-2,4,6H2. The van der Waals surface area contributed by atoms with Crippen molar-refractivity contribution in [1.82, 2.24) is 0 Å². The average Bonchev–Trinajstić information content (AvgIpc) is 2.05. The maximum Gasteiger partial charge on any atom is 0.129 e. The molecule has 1 aliphatic carbocycles. The normalized spacial score (nSPS) is 23.2. The van der Waals surface area contributed by atoms with Gasteiger partial charge in [0.15, 0.2) is 0 Å². The first kappa shape index (κ1) is 5.83. The zero-order valence-corrected chi connectivity index (χ0v) is 5.88. The van der Waals surface area contributed by atoms with Crippen molar-refractivity contribution in [2.24, 2.45) is 9.98 Å². The van der Waals surface area contributed by atoms with Crippen LogP contribution in [0.2, 0.25) is 0 Å². The van der Waals surface area contributed by atoms with Crippen LogP contribution in [-0.4, -0.2) is 18.6 Å². The summed E-state index contributed by atoms with van der Waals surface area (Å²) < 4.78 is 0. The molecule has 0 saturated heterocycles. The Hall–Kier alpha value is -0.920. The van der Waals surface area contributed by atoms with Crippen molar-refractivity contribution >= 4 is 11.9 Å². The van der Waals surface area contributed by atoms with Crippen LogP contribution in [0.5, 0.6) is 0 Å². The molecule has 2 heteroatoms. The predicted octanol–water partition coefficient (Wildman–Crippen LogP) is 1.58. The summed E-state index contributed by atoms with van der Waals surface area (Å²) in [5, 5.41) is 0. The van der Waals surface area contributed by atoms with Gasteiger partial charge < -0.3 is 0 Å². The topological polar surface area (TPSA) is 24.7 Å². The largest absolute Gasteiger partial charge is 0.269 e. The van der Waals surface area contributed by atoms with Gasteiger partial charge in [0.1, 0.15) is 6.67 Å². The predicted molar refractivity (Wildman–Crippen MR) is 42.7 cm³/mol. The van der Waals surface area contributed by atoms with Crippen molar-refractivity contribution in [2.45, 2.75) is 19.3 Å². The second-order valence-electron chi connectivity index (χ2n) is 2.61. The SMILES string of the molecule is C1=NCN=C2CCCC=C12. The molecule has 0 saturated carbocycles. The van der Waals surface area contributed by atoms with Gasteiger partial charge in [-0.2, -0.15) is 0 Å². The molecule has 0 aromatic carbocycles. The van der Waals surface area contributed by atoms with Crippen molar-refractivity contribution in [3.05, 3.63) is 11.6 Å². The summed E-state index contributed by atoms with van der Waals surface area (Å²) in [7, 11) is 0. The van der Waals surface area contributed by atoms with Crippen LogP contribution < -0.4 is 0 Å². The molecule has 0 N–H and O–H groups in total. The van der Waals surface area contributed by atoms with Gasteiger partial charge in [0, 0.05) is 17.5 Å². The van der Waals surface area contributed by atoms with Crippen LogP contribution in [0, 0.1) is 0 Å². The summed E-state index contributed by atoms with van der Waals surface area (Å²) in [5.74, 6) is 0. The molecule has 10 heavy (non-hydrogen) atoms. The Kier molecular flexibility index (Phi) is 1.38. The van der Waals surface area contributed by atoms with Crippen LogP contribution in [0.4, 0.5) is 0 Å². The average molecular weight is 134 g/mol. The number of rotatable bonds is 0. The summed E-state index contributed by atoms with van der Waals surface area (Å²) in [6.07, 6.45) is 7.78. The first-order valence-corrected chi connectivity index (χ1v) is 3.70. The van der Waals surface area contributed by atoms with E-state index in [0.29, 0.717) is 6.67 Å². The summed E-state index contributed by atoms with van der Waals surface area (Å²) in [6.45, 7) is 0.646. The third-order valence-electron chi connectivity index (χ3n) is 1.89. The lowest BCUT2D eigenvalue weighted by molar-refractivity contribution is 0.861. The van der Waals surface area contributed by atoms with Crippen LogP contribution in [-0.2, 0) is 0 Å². The first-order chi connectivity index (χ1) is 4.97. The van der Waals surface area contributed by atoms with E-state index in [2.05, 4.69) is 16.1 Å². The minimum atomic E-state index is 0.646. The Bertz CT molecular complexity index is 223. The lowest BCUT2D eigenvalue weighted by atomic mass is 9.97. The fourth-order valence-corrected chi connectivity index (χ4v) is 1.35. The fraction of sp³-hybridized carbons (Fsp3) is 0.500. The highest BCUT2D eigenvalue weighted by atomic mass is 14.9. The van der Waals surface area contributed by atoms with E-state index in [4.69, 9.17) is 0 Å². The molecule has 2 aliphatic rings. The number of hydrogen-bond donors (Lipinski definition) is 0. The van der Waals surface area contributed by atoms with Crippen molar-refractivity contribution in [3.63, 3.8) is 0 Å². The first-order valence-electron chi connectivity index (χ1n) is 3.70. The number of fused-ring (bicyclic) bond motifs is 1. The third-order valence-corrected chi connectivity index (χ3v) is 1.89.